The molecule has 1 unspecified atom stereocenters. The predicted octanol–water partition coefficient (Wildman–Crippen LogP) is 5.79. The number of rotatable bonds is 2. The Morgan fingerprint density at radius 1 is 1.37 bits per heavy atom. The molecule has 1 nitrogen and oxygen atoms in total. The summed E-state index contributed by atoms with van der Waals surface area (Å²) < 4.78 is 14.9. The molecule has 0 saturated carbocycles. The Labute approximate surface area is 128 Å². The highest BCUT2D eigenvalue weighted by Crippen LogP contribution is 2.39. The second-order valence-corrected chi connectivity index (χ2v) is 7.59. The summed E-state index contributed by atoms with van der Waals surface area (Å²) in [4.78, 5) is 1.39. The van der Waals surface area contributed by atoms with E-state index in [0.29, 0.717) is 10.7 Å². The van der Waals surface area contributed by atoms with Gasteiger partial charge in [-0.3, -0.25) is 0 Å². The molecule has 3 rings (SSSR count). The maximum absolute atomic E-state index is 13.8. The highest BCUT2D eigenvalue weighted by atomic mass is 79.9. The molecule has 0 aliphatic heterocycles. The number of hydrogen-bond acceptors (Lipinski definition) is 2. The van der Waals surface area contributed by atoms with Crippen LogP contribution in [0.1, 0.15) is 29.3 Å². The number of nitrogens with one attached hydrogen (secondary N) is 1. The van der Waals surface area contributed by atoms with E-state index in [0.717, 1.165) is 23.0 Å². The molecule has 1 aliphatic rings. The zero-order valence-electron chi connectivity index (χ0n) is 10.1. The normalized spacial score (nSPS) is 18.2. The third kappa shape index (κ3) is 2.81. The standard InChI is InChI=1S/C14H12BrClFNS/c15-14-7-9-11(2-1-3-13(9)19-14)18-12-6-8(16)4-5-10(12)17/h4-7,11,18H,1-3H2. The summed E-state index contributed by atoms with van der Waals surface area (Å²) in [6, 6.07) is 6.92. The lowest BCUT2D eigenvalue weighted by Gasteiger charge is -2.25. The summed E-state index contributed by atoms with van der Waals surface area (Å²) in [6.07, 6.45) is 3.25. The van der Waals surface area contributed by atoms with Gasteiger partial charge in [0.05, 0.1) is 15.5 Å². The maximum atomic E-state index is 13.8. The van der Waals surface area contributed by atoms with Gasteiger partial charge in [0.2, 0.25) is 0 Å². The monoisotopic (exact) mass is 359 g/mol. The molecule has 0 fully saturated rings. The lowest BCUT2D eigenvalue weighted by molar-refractivity contribution is 0.592. The second kappa shape index (κ2) is 5.43. The highest BCUT2D eigenvalue weighted by molar-refractivity contribution is 9.11. The smallest absolute Gasteiger partial charge is 0.146 e. The number of halogens is 3. The summed E-state index contributed by atoms with van der Waals surface area (Å²) in [7, 11) is 0. The first-order chi connectivity index (χ1) is 9.13. The zero-order valence-corrected chi connectivity index (χ0v) is 13.2. The molecule has 0 amide bonds. The molecular formula is C14H12BrClFNS. The SMILES string of the molecule is Fc1ccc(Cl)cc1NC1CCCc2sc(Br)cc21. The molecule has 0 spiro atoms. The van der Waals surface area contributed by atoms with Gasteiger partial charge in [0.15, 0.2) is 0 Å². The van der Waals surface area contributed by atoms with Gasteiger partial charge >= 0.3 is 0 Å². The summed E-state index contributed by atoms with van der Waals surface area (Å²) in [5.74, 6) is -0.259. The van der Waals surface area contributed by atoms with Gasteiger partial charge in [0.1, 0.15) is 5.82 Å². The van der Waals surface area contributed by atoms with Gasteiger partial charge in [-0.05, 0) is 65.0 Å². The van der Waals surface area contributed by atoms with Crippen LogP contribution in [0.4, 0.5) is 10.1 Å². The van der Waals surface area contributed by atoms with Crippen LogP contribution in [-0.4, -0.2) is 0 Å². The van der Waals surface area contributed by atoms with Crippen molar-refractivity contribution in [1.29, 1.82) is 0 Å². The minimum absolute atomic E-state index is 0.166. The van der Waals surface area contributed by atoms with Crippen molar-refractivity contribution in [1.82, 2.24) is 0 Å². The average molecular weight is 361 g/mol. The number of aryl methyl sites for hydroxylation is 1. The van der Waals surface area contributed by atoms with Crippen LogP contribution in [0, 0.1) is 5.82 Å². The number of hydrogen-bond donors (Lipinski definition) is 1. The fraction of sp³-hybridized carbons (Fsp3) is 0.286. The van der Waals surface area contributed by atoms with Crippen LogP contribution in [0.15, 0.2) is 28.1 Å². The average Bonchev–Trinajstić information content (AvgIpc) is 2.75. The molecular weight excluding hydrogens is 349 g/mol. The van der Waals surface area contributed by atoms with Gasteiger partial charge in [-0.25, -0.2) is 4.39 Å². The second-order valence-electron chi connectivity index (χ2n) is 4.64. The molecule has 0 saturated heterocycles. The largest absolute Gasteiger partial charge is 0.376 e. The van der Waals surface area contributed by atoms with Gasteiger partial charge in [-0.2, -0.15) is 0 Å². The molecule has 0 bridgehead atoms. The van der Waals surface area contributed by atoms with E-state index in [1.807, 2.05) is 0 Å². The van der Waals surface area contributed by atoms with E-state index in [9.17, 15) is 4.39 Å². The van der Waals surface area contributed by atoms with Crippen LogP contribution in [0.5, 0.6) is 0 Å². The van der Waals surface area contributed by atoms with Crippen molar-refractivity contribution in [3.8, 4) is 0 Å². The molecule has 5 heteroatoms. The van der Waals surface area contributed by atoms with Crippen molar-refractivity contribution in [3.63, 3.8) is 0 Å². The minimum atomic E-state index is -0.259. The van der Waals surface area contributed by atoms with Crippen molar-refractivity contribution in [3.05, 3.63) is 49.3 Å². The number of benzene rings is 1. The summed E-state index contributed by atoms with van der Waals surface area (Å²) in [5, 5.41) is 3.83. The van der Waals surface area contributed by atoms with Gasteiger partial charge < -0.3 is 5.32 Å². The van der Waals surface area contributed by atoms with E-state index in [2.05, 4.69) is 27.3 Å². The molecule has 1 aliphatic carbocycles. The van der Waals surface area contributed by atoms with Crippen LogP contribution >= 0.6 is 38.9 Å². The third-order valence-corrected chi connectivity index (χ3v) is 5.29. The molecule has 1 aromatic heterocycles. The number of thiophene rings is 1. The van der Waals surface area contributed by atoms with Crippen LogP contribution in [0.2, 0.25) is 5.02 Å². The van der Waals surface area contributed by atoms with E-state index >= 15 is 0 Å². The van der Waals surface area contributed by atoms with E-state index in [-0.39, 0.29) is 11.9 Å². The molecule has 19 heavy (non-hydrogen) atoms. The summed E-state index contributed by atoms with van der Waals surface area (Å²) >= 11 is 11.2. The Kier molecular flexibility index (Phi) is 3.83. The van der Waals surface area contributed by atoms with Crippen LogP contribution in [0.25, 0.3) is 0 Å². The lowest BCUT2D eigenvalue weighted by Crippen LogP contribution is -2.16. The topological polar surface area (TPSA) is 12.0 Å². The molecule has 1 aromatic carbocycles. The summed E-state index contributed by atoms with van der Waals surface area (Å²) in [6.45, 7) is 0. The van der Waals surface area contributed by atoms with E-state index in [1.54, 1.807) is 23.5 Å². The van der Waals surface area contributed by atoms with Crippen LogP contribution in [0.3, 0.4) is 0 Å². The van der Waals surface area contributed by atoms with E-state index in [4.69, 9.17) is 11.6 Å². The fourth-order valence-electron chi connectivity index (χ4n) is 2.47. The lowest BCUT2D eigenvalue weighted by atomic mass is 9.94. The molecule has 100 valence electrons. The number of fused-ring (bicyclic) bond motifs is 1. The van der Waals surface area contributed by atoms with Crippen molar-refractivity contribution >= 4 is 44.6 Å². The van der Waals surface area contributed by atoms with Crippen molar-refractivity contribution in [2.45, 2.75) is 25.3 Å². The van der Waals surface area contributed by atoms with E-state index in [1.165, 1.54) is 16.5 Å². The Bertz CT molecular complexity index is 613. The first-order valence-electron chi connectivity index (χ1n) is 6.13. The van der Waals surface area contributed by atoms with E-state index < -0.39 is 0 Å². The van der Waals surface area contributed by atoms with Crippen molar-refractivity contribution in [2.75, 3.05) is 5.32 Å². The Hall–Kier alpha value is -0.580. The van der Waals surface area contributed by atoms with Gasteiger partial charge in [-0.1, -0.05) is 11.6 Å². The van der Waals surface area contributed by atoms with Gasteiger partial charge in [0, 0.05) is 9.90 Å². The first-order valence-corrected chi connectivity index (χ1v) is 8.12. The summed E-state index contributed by atoms with van der Waals surface area (Å²) in [5.41, 5.74) is 1.76. The Morgan fingerprint density at radius 2 is 2.21 bits per heavy atom. The fourth-order valence-corrected chi connectivity index (χ4v) is 4.46. The van der Waals surface area contributed by atoms with Crippen molar-refractivity contribution in [2.24, 2.45) is 0 Å². The highest BCUT2D eigenvalue weighted by Gasteiger charge is 2.23. The quantitative estimate of drug-likeness (QED) is 0.714. The minimum Gasteiger partial charge on any atom is -0.376 e. The van der Waals surface area contributed by atoms with Crippen LogP contribution in [-0.2, 0) is 6.42 Å². The zero-order chi connectivity index (χ0) is 13.4. The van der Waals surface area contributed by atoms with Crippen molar-refractivity contribution < 1.29 is 4.39 Å². The predicted molar refractivity (Wildman–Crippen MR) is 82.7 cm³/mol. The van der Waals surface area contributed by atoms with Crippen LogP contribution < -0.4 is 5.32 Å². The maximum Gasteiger partial charge on any atom is 0.146 e. The molecule has 1 N–H and O–H groups in total. The van der Waals surface area contributed by atoms with Gasteiger partial charge in [-0.15, -0.1) is 11.3 Å². The first kappa shape index (κ1) is 13.4. The molecule has 2 aromatic rings. The van der Waals surface area contributed by atoms with Gasteiger partial charge in [0.25, 0.3) is 0 Å². The Balaban J connectivity index is 1.90. The Morgan fingerprint density at radius 3 is 3.05 bits per heavy atom. The third-order valence-electron chi connectivity index (χ3n) is 3.34. The molecule has 0 radical (unpaired) electrons. The number of anilines is 1. The molecule has 1 atom stereocenters. The molecule has 1 heterocycles.